The maximum atomic E-state index is 12.1. The highest BCUT2D eigenvalue weighted by atomic mass is 79.9. The minimum absolute atomic E-state index is 0. The number of carbonyl (C=O) groups excluding carboxylic acids is 2. The number of rotatable bonds is 5. The third kappa shape index (κ3) is 3.52. The Labute approximate surface area is 128 Å². The van der Waals surface area contributed by atoms with Crippen LogP contribution in [0.4, 0.5) is 0 Å². The molecule has 112 valence electrons. The normalized spacial score (nSPS) is 27.1. The van der Waals surface area contributed by atoms with Crippen LogP contribution in [0, 0.1) is 0 Å². The van der Waals surface area contributed by atoms with E-state index in [0.717, 1.165) is 39.3 Å². The molecule has 0 saturated carbocycles. The molecule has 3 heterocycles. The van der Waals surface area contributed by atoms with Crippen molar-refractivity contribution in [2.24, 2.45) is 0 Å². The number of carbonyl (C=O) groups is 2. The van der Waals surface area contributed by atoms with Crippen molar-refractivity contribution >= 4 is 17.5 Å². The largest absolute Gasteiger partial charge is 1.00 e. The van der Waals surface area contributed by atoms with Crippen molar-refractivity contribution in [1.29, 1.82) is 0 Å². The molecule has 3 rings (SSSR count). The molecule has 0 aliphatic carbocycles. The van der Waals surface area contributed by atoms with E-state index in [-0.39, 0.29) is 30.1 Å². The molecule has 8 heteroatoms. The SMILES string of the molecule is CCOC(=O)C(=[N+]=[N-])C(=O)C[N+]12CCN(CC1)CC2.[Br-]. The highest BCUT2D eigenvalue weighted by molar-refractivity contribution is 6.62. The monoisotopic (exact) mass is 346 g/mol. The molecule has 20 heavy (non-hydrogen) atoms. The number of nitrogens with zero attached hydrogens (tertiary/aromatic N) is 4. The van der Waals surface area contributed by atoms with Gasteiger partial charge in [-0.05, 0) is 6.92 Å². The Balaban J connectivity index is 0.00000200. The van der Waals surface area contributed by atoms with Crippen LogP contribution < -0.4 is 17.0 Å². The predicted molar refractivity (Wildman–Crippen MR) is 66.4 cm³/mol. The number of Topliss-reactive ketones (excluding diaryl/α,β-unsaturated/α-hetero) is 1. The van der Waals surface area contributed by atoms with Crippen LogP contribution in [0.15, 0.2) is 0 Å². The average molecular weight is 347 g/mol. The summed E-state index contributed by atoms with van der Waals surface area (Å²) in [6.45, 7) is 7.69. The summed E-state index contributed by atoms with van der Waals surface area (Å²) < 4.78 is 5.40. The molecule has 0 aromatic rings. The van der Waals surface area contributed by atoms with Gasteiger partial charge in [-0.2, -0.15) is 4.79 Å². The van der Waals surface area contributed by atoms with Crippen LogP contribution in [0.5, 0.6) is 0 Å². The fourth-order valence-corrected chi connectivity index (χ4v) is 2.76. The molecule has 0 atom stereocenters. The molecule has 0 aromatic heterocycles. The minimum atomic E-state index is -0.844. The van der Waals surface area contributed by atoms with E-state index in [1.54, 1.807) is 6.92 Å². The van der Waals surface area contributed by atoms with E-state index in [1.165, 1.54) is 0 Å². The van der Waals surface area contributed by atoms with Crippen molar-refractivity contribution in [3.05, 3.63) is 5.53 Å². The third-order valence-corrected chi connectivity index (χ3v) is 3.98. The summed E-state index contributed by atoms with van der Waals surface area (Å²) >= 11 is 0. The second-order valence-electron chi connectivity index (χ2n) is 5.10. The zero-order valence-corrected chi connectivity index (χ0v) is 13.1. The van der Waals surface area contributed by atoms with Crippen LogP contribution in [0.25, 0.3) is 5.53 Å². The number of ether oxygens (including phenoxy) is 1. The lowest BCUT2D eigenvalue weighted by Crippen LogP contribution is -3.00. The van der Waals surface area contributed by atoms with Crippen molar-refractivity contribution in [2.75, 3.05) is 52.4 Å². The molecule has 3 aliphatic rings. The van der Waals surface area contributed by atoms with Crippen LogP contribution in [0.3, 0.4) is 0 Å². The molecule has 0 aromatic carbocycles. The molecular weight excluding hydrogens is 328 g/mol. The molecule has 7 nitrogen and oxygen atoms in total. The van der Waals surface area contributed by atoms with Crippen molar-refractivity contribution in [2.45, 2.75) is 6.92 Å². The number of hydrogen-bond acceptors (Lipinski definition) is 4. The van der Waals surface area contributed by atoms with Crippen LogP contribution in [0.1, 0.15) is 6.92 Å². The van der Waals surface area contributed by atoms with Gasteiger partial charge in [-0.25, -0.2) is 4.79 Å². The van der Waals surface area contributed by atoms with Gasteiger partial charge >= 0.3 is 17.5 Å². The Bertz CT molecular complexity index is 426. The third-order valence-electron chi connectivity index (χ3n) is 3.98. The first-order valence-electron chi connectivity index (χ1n) is 6.60. The maximum absolute atomic E-state index is 12.1. The van der Waals surface area contributed by atoms with Crippen molar-refractivity contribution < 1.29 is 40.6 Å². The molecule has 3 aliphatic heterocycles. The van der Waals surface area contributed by atoms with Crippen molar-refractivity contribution in [1.82, 2.24) is 4.90 Å². The molecular formula is C12H19BrN4O3. The average Bonchev–Trinajstić information content (AvgIpc) is 2.41. The second kappa shape index (κ2) is 7.08. The number of piperazine rings is 3. The van der Waals surface area contributed by atoms with E-state index in [2.05, 4.69) is 9.69 Å². The first-order chi connectivity index (χ1) is 9.10. The zero-order chi connectivity index (χ0) is 13.9. The van der Waals surface area contributed by atoms with Crippen LogP contribution >= 0.6 is 0 Å². The van der Waals surface area contributed by atoms with Crippen molar-refractivity contribution in [3.63, 3.8) is 0 Å². The molecule has 3 saturated heterocycles. The summed E-state index contributed by atoms with van der Waals surface area (Å²) in [4.78, 5) is 28.8. The molecule has 2 bridgehead atoms. The summed E-state index contributed by atoms with van der Waals surface area (Å²) in [6.07, 6.45) is 0. The predicted octanol–water partition coefficient (Wildman–Crippen LogP) is -4.06. The number of ketones is 1. The van der Waals surface area contributed by atoms with Gasteiger partial charge in [0.05, 0.1) is 26.2 Å². The fourth-order valence-electron chi connectivity index (χ4n) is 2.76. The smallest absolute Gasteiger partial charge is 0.447 e. The quantitative estimate of drug-likeness (QED) is 0.127. The lowest BCUT2D eigenvalue weighted by molar-refractivity contribution is -0.933. The van der Waals surface area contributed by atoms with Gasteiger partial charge in [-0.3, -0.25) is 9.69 Å². The van der Waals surface area contributed by atoms with Gasteiger partial charge in [0.1, 0.15) is 0 Å². The number of quaternary nitrogens is 1. The fraction of sp³-hybridized carbons (Fsp3) is 0.750. The lowest BCUT2D eigenvalue weighted by Gasteiger charge is -2.49. The first kappa shape index (κ1) is 17.0. The number of hydrogen-bond donors (Lipinski definition) is 0. The van der Waals surface area contributed by atoms with Gasteiger partial charge in [0, 0.05) is 19.6 Å². The number of halogens is 1. The zero-order valence-electron chi connectivity index (χ0n) is 11.5. The van der Waals surface area contributed by atoms with E-state index in [1.807, 2.05) is 0 Å². The Morgan fingerprint density at radius 1 is 1.25 bits per heavy atom. The Kier molecular flexibility index (Phi) is 6.01. The van der Waals surface area contributed by atoms with Gasteiger partial charge in [-0.15, -0.1) is 0 Å². The summed E-state index contributed by atoms with van der Waals surface area (Å²) in [7, 11) is 0. The number of fused-ring (bicyclic) bond motifs is 3. The summed E-state index contributed by atoms with van der Waals surface area (Å²) in [5.41, 5.74) is 8.36. The van der Waals surface area contributed by atoms with E-state index < -0.39 is 17.5 Å². The van der Waals surface area contributed by atoms with Gasteiger partial charge in [-0.1, -0.05) is 0 Å². The molecule has 0 radical (unpaired) electrons. The Morgan fingerprint density at radius 3 is 2.25 bits per heavy atom. The lowest BCUT2D eigenvalue weighted by atomic mass is 10.1. The highest BCUT2D eigenvalue weighted by Crippen LogP contribution is 2.19. The van der Waals surface area contributed by atoms with E-state index >= 15 is 0 Å². The summed E-state index contributed by atoms with van der Waals surface area (Å²) in [5.74, 6) is -1.28. The van der Waals surface area contributed by atoms with E-state index in [4.69, 9.17) is 10.3 Å². The van der Waals surface area contributed by atoms with Gasteiger partial charge in [0.25, 0.3) is 0 Å². The van der Waals surface area contributed by atoms with E-state index in [9.17, 15) is 9.59 Å². The Morgan fingerprint density at radius 2 is 1.80 bits per heavy atom. The topological polar surface area (TPSA) is 83.0 Å². The maximum Gasteiger partial charge on any atom is 0.447 e. The van der Waals surface area contributed by atoms with Crippen molar-refractivity contribution in [3.8, 4) is 0 Å². The Hall–Kier alpha value is -1.08. The van der Waals surface area contributed by atoms with E-state index in [0.29, 0.717) is 4.48 Å². The molecule has 0 spiro atoms. The standard InChI is InChI=1S/C12H19N4O3.BrH/c1-2-19-12(18)11(14-13)10(17)9-16-6-3-15(4-7-16)5-8-16;/h2-9H2,1H3;1H/q+1;/p-1. The molecule has 0 unspecified atom stereocenters. The minimum Gasteiger partial charge on any atom is -1.00 e. The molecule has 3 fully saturated rings. The summed E-state index contributed by atoms with van der Waals surface area (Å²) in [6, 6.07) is 0. The van der Waals surface area contributed by atoms with Crippen LogP contribution in [0.2, 0.25) is 0 Å². The van der Waals surface area contributed by atoms with Crippen LogP contribution in [-0.2, 0) is 14.3 Å². The first-order valence-corrected chi connectivity index (χ1v) is 6.60. The van der Waals surface area contributed by atoms with Gasteiger partial charge in [0.15, 0.2) is 6.54 Å². The van der Waals surface area contributed by atoms with Gasteiger partial charge in [0.2, 0.25) is 0 Å². The molecule has 0 N–H and O–H groups in total. The van der Waals surface area contributed by atoms with Gasteiger partial charge < -0.3 is 31.7 Å². The summed E-state index contributed by atoms with van der Waals surface area (Å²) in [5, 5.41) is 0. The second-order valence-corrected chi connectivity index (χ2v) is 5.10. The van der Waals surface area contributed by atoms with Crippen LogP contribution in [-0.4, -0.2) is 84.1 Å². The molecule has 0 amide bonds. The number of esters is 1. The highest BCUT2D eigenvalue weighted by Gasteiger charge is 2.44.